The van der Waals surface area contributed by atoms with Crippen LogP contribution in [0.4, 0.5) is 30.7 Å². The second-order valence-corrected chi connectivity index (χ2v) is 24.9. The van der Waals surface area contributed by atoms with Crippen LogP contribution >= 0.6 is 97.1 Å². The van der Waals surface area contributed by atoms with E-state index in [2.05, 4.69) is 27.6 Å². The molecule has 6 aliphatic heterocycles. The molecule has 0 radical (unpaired) electrons. The van der Waals surface area contributed by atoms with E-state index in [1.807, 2.05) is 30.3 Å². The van der Waals surface area contributed by atoms with Gasteiger partial charge in [-0.05, 0) is 146 Å². The van der Waals surface area contributed by atoms with Crippen molar-refractivity contribution in [2.45, 2.75) is 131 Å². The molecule has 414 valence electrons. The first-order valence-electron chi connectivity index (χ1n) is 25.1. The van der Waals surface area contributed by atoms with Crippen LogP contribution in [0.25, 0.3) is 0 Å². The molecule has 22 heteroatoms. The van der Waals surface area contributed by atoms with Gasteiger partial charge in [-0.25, -0.2) is 4.39 Å². The first-order chi connectivity index (χ1) is 37.4. The molecular formula is C57H39BrCl7F7O7. The molecule has 0 bridgehead atoms. The van der Waals surface area contributed by atoms with Gasteiger partial charge in [0.15, 0.2) is 0 Å². The third kappa shape index (κ3) is 11.3. The maximum Gasteiger partial charge on any atom is 0.573 e. The molecule has 12 aliphatic rings. The second-order valence-electron chi connectivity index (χ2n) is 21.0. The van der Waals surface area contributed by atoms with Gasteiger partial charge in [-0.3, -0.25) is 0 Å². The topological polar surface area (TPSA) is 84.4 Å². The van der Waals surface area contributed by atoms with Crippen molar-refractivity contribution in [1.82, 2.24) is 0 Å². The first kappa shape index (κ1) is 55.1. The van der Waals surface area contributed by atoms with Gasteiger partial charge in [0.1, 0.15) is 48.2 Å². The van der Waals surface area contributed by atoms with E-state index in [-0.39, 0.29) is 64.3 Å². The summed E-state index contributed by atoms with van der Waals surface area (Å²) in [5, 5.41) is 3.93. The number of epoxide rings is 6. The van der Waals surface area contributed by atoms with E-state index in [0.29, 0.717) is 76.5 Å². The Morgan fingerprint density at radius 1 is 0.418 bits per heavy atom. The predicted molar refractivity (Wildman–Crippen MR) is 286 cm³/mol. The van der Waals surface area contributed by atoms with Crippen LogP contribution in [0.3, 0.4) is 0 Å². The van der Waals surface area contributed by atoms with Crippen molar-refractivity contribution in [3.8, 4) is 5.75 Å². The summed E-state index contributed by atoms with van der Waals surface area (Å²) in [7, 11) is 0. The number of ether oxygens (including phenoxy) is 7. The second kappa shape index (κ2) is 20.3. The van der Waals surface area contributed by atoms with Crippen molar-refractivity contribution >= 4 is 97.1 Å². The maximum absolute atomic E-state index is 13.2. The number of hydrogen-bond donors (Lipinski definition) is 0. The Bertz CT molecular complexity index is 3250. The van der Waals surface area contributed by atoms with Crippen LogP contribution < -0.4 is 4.74 Å². The molecule has 0 aromatic heterocycles. The average molecular weight is 1300 g/mol. The lowest BCUT2D eigenvalue weighted by Crippen LogP contribution is -2.18. The molecule has 0 amide bonds. The summed E-state index contributed by atoms with van der Waals surface area (Å²) in [6.07, 6.45) is -2.05. The molecule has 0 spiro atoms. The Balaban J connectivity index is 0.0000000902. The fourth-order valence-corrected chi connectivity index (χ4v) is 14.5. The molecule has 6 aliphatic carbocycles. The summed E-state index contributed by atoms with van der Waals surface area (Å²) in [4.78, 5) is 0. The number of fused-ring (bicyclic) bond motifs is 18. The van der Waals surface area contributed by atoms with E-state index in [1.54, 1.807) is 24.3 Å². The standard InChI is InChI=1S/C10H6ClF3O2.C10H6ClF3O.C10H9ClO.C9H6BrClO.C9H6Cl2O.C9H6ClFO/c11-4-1-6-5(3-8-9(6)15-8)7(2-4)16-10(12,13)14;11-4-1-6-5(3-8-9(6)15-8)7(2-4)10(12,13)14;1-5-2-6(11)3-8-7(5)4-9-10(8)12-9;10-7-2-4(11)1-6-5(7)3-8-9(6)12-8;2*10-4-1-6-5(7(11)2-4)3-8-9(6)12-8/h1-2,8-9H,3H2;1-2,8-9H,3H2;2-3,9-10H,4H2,1H3;3*1-2,8-9H,3H2/t2*8-,9+;9-,10+;3*8-,9+/m111111/s1. The highest BCUT2D eigenvalue weighted by atomic mass is 79.9. The summed E-state index contributed by atoms with van der Waals surface area (Å²) < 4.78 is 125. The molecule has 6 fully saturated rings. The molecule has 0 saturated carbocycles. The van der Waals surface area contributed by atoms with E-state index in [1.165, 1.54) is 51.1 Å². The van der Waals surface area contributed by atoms with Gasteiger partial charge in [0.05, 0.1) is 42.2 Å². The highest BCUT2D eigenvalue weighted by Crippen LogP contribution is 2.56. The van der Waals surface area contributed by atoms with Crippen LogP contribution in [-0.4, -0.2) is 43.0 Å². The minimum Gasteiger partial charge on any atom is -0.405 e. The molecule has 0 unspecified atom stereocenters. The molecule has 0 N–H and O–H groups in total. The van der Waals surface area contributed by atoms with Crippen LogP contribution in [0.5, 0.6) is 5.75 Å². The van der Waals surface area contributed by atoms with Crippen molar-refractivity contribution in [2.24, 2.45) is 0 Å². The van der Waals surface area contributed by atoms with E-state index in [0.717, 1.165) is 61.6 Å². The molecule has 79 heavy (non-hydrogen) atoms. The third-order valence-corrected chi connectivity index (χ3v) is 18.2. The molecule has 6 heterocycles. The van der Waals surface area contributed by atoms with Crippen molar-refractivity contribution in [3.63, 3.8) is 0 Å². The van der Waals surface area contributed by atoms with Gasteiger partial charge in [-0.2, -0.15) is 13.2 Å². The molecular weight excluding hydrogens is 1260 g/mol. The van der Waals surface area contributed by atoms with Gasteiger partial charge >= 0.3 is 12.5 Å². The monoisotopic (exact) mass is 1290 g/mol. The molecule has 6 saturated heterocycles. The van der Waals surface area contributed by atoms with Crippen molar-refractivity contribution in [2.75, 3.05) is 0 Å². The average Bonchev–Trinajstić information content (AvgIpc) is 4.30. The number of hydrogen-bond acceptors (Lipinski definition) is 7. The number of alkyl halides is 6. The highest BCUT2D eigenvalue weighted by molar-refractivity contribution is 9.10. The molecule has 7 nitrogen and oxygen atoms in total. The number of rotatable bonds is 1. The lowest BCUT2D eigenvalue weighted by molar-refractivity contribution is -0.274. The zero-order valence-electron chi connectivity index (χ0n) is 40.6. The number of benzene rings is 6. The molecule has 18 rings (SSSR count). The Hall–Kier alpha value is -3.10. The molecule has 6 aromatic carbocycles. The van der Waals surface area contributed by atoms with Crippen LogP contribution in [-0.2, 0) is 73.1 Å². The smallest absolute Gasteiger partial charge is 0.405 e. The maximum atomic E-state index is 13.2. The van der Waals surface area contributed by atoms with Crippen molar-refractivity contribution in [3.05, 3.63) is 196 Å². The van der Waals surface area contributed by atoms with Crippen LogP contribution in [0.2, 0.25) is 35.2 Å². The number of aryl methyl sites for hydroxylation is 1. The van der Waals surface area contributed by atoms with E-state index >= 15 is 0 Å². The summed E-state index contributed by atoms with van der Waals surface area (Å²) in [6.45, 7) is 2.12. The summed E-state index contributed by atoms with van der Waals surface area (Å²) in [5.74, 6) is -0.390. The third-order valence-electron chi connectivity index (χ3n) is 15.8. The van der Waals surface area contributed by atoms with Gasteiger partial charge in [0.2, 0.25) is 0 Å². The van der Waals surface area contributed by atoms with Crippen molar-refractivity contribution in [1.29, 1.82) is 0 Å². The van der Waals surface area contributed by atoms with E-state index in [9.17, 15) is 30.7 Å². The fourth-order valence-electron chi connectivity index (χ4n) is 12.0. The van der Waals surface area contributed by atoms with Gasteiger partial charge < -0.3 is 33.2 Å². The highest BCUT2D eigenvalue weighted by Gasteiger charge is 2.53. The van der Waals surface area contributed by atoms with E-state index < -0.39 is 18.1 Å². The predicted octanol–water partition coefficient (Wildman–Crippen LogP) is 17.8. The quantitative estimate of drug-likeness (QED) is 0.120. The van der Waals surface area contributed by atoms with E-state index in [4.69, 9.17) is 110 Å². The summed E-state index contributed by atoms with van der Waals surface area (Å²) >= 11 is 44.4. The Kier molecular flexibility index (Phi) is 14.2. The first-order valence-corrected chi connectivity index (χ1v) is 28.5. The zero-order valence-corrected chi connectivity index (χ0v) is 47.5. The van der Waals surface area contributed by atoms with Gasteiger partial charge in [-0.1, -0.05) is 97.1 Å². The fraction of sp³-hybridized carbons (Fsp3) is 0.368. The van der Waals surface area contributed by atoms with Crippen molar-refractivity contribution < 1.29 is 63.9 Å². The van der Waals surface area contributed by atoms with Crippen LogP contribution in [0, 0.1) is 12.7 Å². The molecule has 12 atom stereocenters. The van der Waals surface area contributed by atoms with Gasteiger partial charge in [-0.15, -0.1) is 13.2 Å². The zero-order chi connectivity index (χ0) is 55.5. The Morgan fingerprint density at radius 2 is 0.772 bits per heavy atom. The van der Waals surface area contributed by atoms with Gasteiger partial charge in [0.25, 0.3) is 0 Å². The largest absolute Gasteiger partial charge is 0.573 e. The van der Waals surface area contributed by atoms with Gasteiger partial charge in [0, 0.05) is 83.7 Å². The Morgan fingerprint density at radius 3 is 1.29 bits per heavy atom. The number of halogens is 15. The Labute approximate surface area is 490 Å². The lowest BCUT2D eigenvalue weighted by Gasteiger charge is -2.14. The molecule has 6 aromatic rings. The summed E-state index contributed by atoms with van der Waals surface area (Å²) in [5.41, 5.74) is 12.5. The summed E-state index contributed by atoms with van der Waals surface area (Å²) in [6, 6.07) is 20.4. The van der Waals surface area contributed by atoms with Crippen LogP contribution in [0.15, 0.2) is 77.3 Å². The normalized spacial score (nSPS) is 28.7. The minimum atomic E-state index is -4.69. The van der Waals surface area contributed by atoms with Crippen LogP contribution in [0.1, 0.15) is 115 Å². The lowest BCUT2D eigenvalue weighted by atomic mass is 10.0. The SMILES string of the molecule is Cc1cc(Cl)cc2c1C[C@H]1O[C@@H]21.Clc1cc(Br)c2c(c1)[C@@H]1O[C@@H]1C2.Clc1cc(Cl)c2c(c1)[C@@H]1O[C@@H]1C2.FC(F)(F)Oc1cc(Cl)cc2c1C[C@H]1O[C@@H]21.FC(F)(F)c1cc(Cl)cc2c1C[C@H]1O[C@@H]21.Fc1cc(Cl)cc2c1C[C@H]1O[C@@H]21. The minimum absolute atomic E-state index is 0.00375.